The van der Waals surface area contributed by atoms with Crippen molar-refractivity contribution >= 4 is 34.5 Å². The van der Waals surface area contributed by atoms with Gasteiger partial charge in [0.2, 0.25) is 5.91 Å². The molecule has 1 saturated heterocycles. The summed E-state index contributed by atoms with van der Waals surface area (Å²) in [5, 5.41) is 5.95. The van der Waals surface area contributed by atoms with Gasteiger partial charge in [-0.1, -0.05) is 49.0 Å². The maximum atomic E-state index is 12.7. The standard InChI is InChI=1S/C20H21N3O3S/c1-2-21-11-16-7-3-4-9-17(16)22-19(25)15-8-5-6-14(10-15)12-23-18(24)13-27-20(23)26/h3-10,21H,2,11-13H2,1H3,(H,22,25). The van der Waals surface area contributed by atoms with Crippen LogP contribution in [-0.4, -0.2) is 34.3 Å². The maximum absolute atomic E-state index is 12.7. The molecule has 27 heavy (non-hydrogen) atoms. The molecular weight excluding hydrogens is 362 g/mol. The summed E-state index contributed by atoms with van der Waals surface area (Å²) in [4.78, 5) is 37.4. The second kappa shape index (κ2) is 8.83. The van der Waals surface area contributed by atoms with E-state index < -0.39 is 0 Å². The summed E-state index contributed by atoms with van der Waals surface area (Å²) < 4.78 is 0. The Hall–Kier alpha value is -2.64. The van der Waals surface area contributed by atoms with Crippen molar-refractivity contribution < 1.29 is 14.4 Å². The van der Waals surface area contributed by atoms with Gasteiger partial charge in [0.15, 0.2) is 0 Å². The number of imide groups is 1. The zero-order valence-corrected chi connectivity index (χ0v) is 15.8. The number of anilines is 1. The smallest absolute Gasteiger partial charge is 0.289 e. The van der Waals surface area contributed by atoms with Crippen LogP contribution in [0.5, 0.6) is 0 Å². The van der Waals surface area contributed by atoms with E-state index in [0.29, 0.717) is 12.1 Å². The van der Waals surface area contributed by atoms with Crippen molar-refractivity contribution in [2.75, 3.05) is 17.6 Å². The number of carbonyl (C=O) groups excluding carboxylic acids is 3. The highest BCUT2D eigenvalue weighted by molar-refractivity contribution is 8.14. The van der Waals surface area contributed by atoms with Crippen LogP contribution in [0.15, 0.2) is 48.5 Å². The third kappa shape index (κ3) is 4.75. The second-order valence-corrected chi connectivity index (χ2v) is 7.05. The van der Waals surface area contributed by atoms with Gasteiger partial charge in [0.1, 0.15) is 0 Å². The van der Waals surface area contributed by atoms with Crippen LogP contribution in [0.4, 0.5) is 10.5 Å². The average molecular weight is 383 g/mol. The summed E-state index contributed by atoms with van der Waals surface area (Å²) in [5.41, 5.74) is 2.99. The van der Waals surface area contributed by atoms with Crippen LogP contribution in [0.2, 0.25) is 0 Å². The Morgan fingerprint density at radius 3 is 2.70 bits per heavy atom. The van der Waals surface area contributed by atoms with Gasteiger partial charge in [-0.3, -0.25) is 19.3 Å². The highest BCUT2D eigenvalue weighted by Crippen LogP contribution is 2.22. The number of nitrogens with one attached hydrogen (secondary N) is 2. The number of amides is 3. The minimum atomic E-state index is -0.243. The molecule has 1 aliphatic rings. The van der Waals surface area contributed by atoms with Crippen molar-refractivity contribution in [3.63, 3.8) is 0 Å². The van der Waals surface area contributed by atoms with Crippen molar-refractivity contribution in [3.8, 4) is 0 Å². The lowest BCUT2D eigenvalue weighted by Gasteiger charge is -2.14. The number of hydrogen-bond acceptors (Lipinski definition) is 5. The van der Waals surface area contributed by atoms with Crippen LogP contribution in [0.3, 0.4) is 0 Å². The Kier molecular flexibility index (Phi) is 6.26. The molecule has 1 aliphatic heterocycles. The lowest BCUT2D eigenvalue weighted by Crippen LogP contribution is -2.28. The largest absolute Gasteiger partial charge is 0.322 e. The summed E-state index contributed by atoms with van der Waals surface area (Å²) in [7, 11) is 0. The molecule has 2 aromatic carbocycles. The van der Waals surface area contributed by atoms with Gasteiger partial charge in [-0.05, 0) is 35.9 Å². The number of carbonyl (C=O) groups is 3. The predicted octanol–water partition coefficient (Wildman–Crippen LogP) is 3.24. The van der Waals surface area contributed by atoms with E-state index in [0.717, 1.165) is 35.1 Å². The Morgan fingerprint density at radius 2 is 1.96 bits per heavy atom. The molecule has 0 bridgehead atoms. The predicted molar refractivity (Wildman–Crippen MR) is 107 cm³/mol. The van der Waals surface area contributed by atoms with E-state index in [1.807, 2.05) is 31.2 Å². The van der Waals surface area contributed by atoms with Crippen LogP contribution in [0.25, 0.3) is 0 Å². The molecule has 3 amide bonds. The number of thioether (sulfide) groups is 1. The van der Waals surface area contributed by atoms with Gasteiger partial charge in [0.25, 0.3) is 11.1 Å². The Balaban J connectivity index is 1.73. The first-order chi connectivity index (χ1) is 13.1. The van der Waals surface area contributed by atoms with Gasteiger partial charge < -0.3 is 10.6 Å². The molecule has 0 saturated carbocycles. The molecule has 2 aromatic rings. The quantitative estimate of drug-likeness (QED) is 0.767. The normalized spacial score (nSPS) is 13.9. The van der Waals surface area contributed by atoms with E-state index in [-0.39, 0.29) is 29.4 Å². The number of nitrogens with zero attached hydrogens (tertiary/aromatic N) is 1. The molecule has 0 unspecified atom stereocenters. The Bertz CT molecular complexity index is 853. The topological polar surface area (TPSA) is 78.5 Å². The lowest BCUT2D eigenvalue weighted by molar-refractivity contribution is -0.125. The van der Waals surface area contributed by atoms with Gasteiger partial charge in [-0.15, -0.1) is 0 Å². The number of benzene rings is 2. The molecule has 6 nitrogen and oxygen atoms in total. The fraction of sp³-hybridized carbons (Fsp3) is 0.250. The fourth-order valence-electron chi connectivity index (χ4n) is 2.78. The minimum Gasteiger partial charge on any atom is -0.322 e. The first-order valence-corrected chi connectivity index (χ1v) is 9.73. The molecular formula is C20H21N3O3S. The number of hydrogen-bond donors (Lipinski definition) is 2. The van der Waals surface area contributed by atoms with Crippen LogP contribution in [0.1, 0.15) is 28.4 Å². The average Bonchev–Trinajstić information content (AvgIpc) is 2.99. The van der Waals surface area contributed by atoms with E-state index in [4.69, 9.17) is 0 Å². The zero-order chi connectivity index (χ0) is 19.2. The van der Waals surface area contributed by atoms with Crippen molar-refractivity contribution in [2.24, 2.45) is 0 Å². The van der Waals surface area contributed by atoms with Gasteiger partial charge in [-0.25, -0.2) is 0 Å². The van der Waals surface area contributed by atoms with E-state index in [2.05, 4.69) is 10.6 Å². The van der Waals surface area contributed by atoms with E-state index in [9.17, 15) is 14.4 Å². The highest BCUT2D eigenvalue weighted by atomic mass is 32.2. The maximum Gasteiger partial charge on any atom is 0.289 e. The molecule has 0 aliphatic carbocycles. The first-order valence-electron chi connectivity index (χ1n) is 8.74. The summed E-state index contributed by atoms with van der Waals surface area (Å²) in [6, 6.07) is 14.6. The SMILES string of the molecule is CCNCc1ccccc1NC(=O)c1cccc(CN2C(=O)CSC2=O)c1. The highest BCUT2D eigenvalue weighted by Gasteiger charge is 2.29. The minimum absolute atomic E-state index is 0.182. The molecule has 0 spiro atoms. The van der Waals surface area contributed by atoms with Crippen molar-refractivity contribution in [3.05, 3.63) is 65.2 Å². The third-order valence-electron chi connectivity index (χ3n) is 4.20. The second-order valence-electron chi connectivity index (χ2n) is 6.13. The Labute approximate surface area is 162 Å². The van der Waals surface area contributed by atoms with Gasteiger partial charge in [0, 0.05) is 17.8 Å². The molecule has 0 radical (unpaired) electrons. The fourth-order valence-corrected chi connectivity index (χ4v) is 3.50. The molecule has 2 N–H and O–H groups in total. The summed E-state index contributed by atoms with van der Waals surface area (Å²) in [6.45, 7) is 3.73. The lowest BCUT2D eigenvalue weighted by atomic mass is 10.1. The van der Waals surface area contributed by atoms with E-state index in [1.54, 1.807) is 24.3 Å². The van der Waals surface area contributed by atoms with Gasteiger partial charge >= 0.3 is 0 Å². The van der Waals surface area contributed by atoms with Crippen molar-refractivity contribution in [1.82, 2.24) is 10.2 Å². The monoisotopic (exact) mass is 383 g/mol. The molecule has 3 rings (SSSR count). The summed E-state index contributed by atoms with van der Waals surface area (Å²) >= 11 is 1.01. The number of para-hydroxylation sites is 1. The molecule has 0 aromatic heterocycles. The zero-order valence-electron chi connectivity index (χ0n) is 15.0. The third-order valence-corrected chi connectivity index (χ3v) is 5.06. The van der Waals surface area contributed by atoms with Gasteiger partial charge in [0.05, 0.1) is 12.3 Å². The van der Waals surface area contributed by atoms with Gasteiger partial charge in [-0.2, -0.15) is 0 Å². The van der Waals surface area contributed by atoms with E-state index in [1.165, 1.54) is 4.90 Å². The molecule has 7 heteroatoms. The van der Waals surface area contributed by atoms with Crippen LogP contribution >= 0.6 is 11.8 Å². The summed E-state index contributed by atoms with van der Waals surface area (Å²) in [6.07, 6.45) is 0. The molecule has 1 heterocycles. The van der Waals surface area contributed by atoms with Crippen LogP contribution < -0.4 is 10.6 Å². The van der Waals surface area contributed by atoms with E-state index >= 15 is 0 Å². The Morgan fingerprint density at radius 1 is 1.15 bits per heavy atom. The number of rotatable bonds is 7. The van der Waals surface area contributed by atoms with Crippen molar-refractivity contribution in [1.29, 1.82) is 0 Å². The summed E-state index contributed by atoms with van der Waals surface area (Å²) in [5.74, 6) is -0.242. The van der Waals surface area contributed by atoms with Crippen LogP contribution in [0, 0.1) is 0 Å². The molecule has 1 fully saturated rings. The van der Waals surface area contributed by atoms with Crippen LogP contribution in [-0.2, 0) is 17.9 Å². The van der Waals surface area contributed by atoms with Crippen molar-refractivity contribution in [2.45, 2.75) is 20.0 Å². The first kappa shape index (κ1) is 19.1. The molecule has 140 valence electrons. The molecule has 0 atom stereocenters.